The van der Waals surface area contributed by atoms with Gasteiger partial charge in [0.2, 0.25) is 0 Å². The van der Waals surface area contributed by atoms with Crippen molar-refractivity contribution >= 4 is 28.7 Å². The normalized spacial score (nSPS) is 10.5. The Morgan fingerprint density at radius 3 is 2.42 bits per heavy atom. The molecule has 0 atom stereocenters. The largest absolute Gasteiger partial charge is 0.323 e. The van der Waals surface area contributed by atoms with Crippen molar-refractivity contribution in [3.63, 3.8) is 0 Å². The molecule has 0 saturated carbocycles. The minimum Gasteiger partial charge on any atom is -0.308 e. The van der Waals surface area contributed by atoms with Gasteiger partial charge in [0.15, 0.2) is 0 Å². The van der Waals surface area contributed by atoms with Crippen LogP contribution in [0.15, 0.2) is 47.8 Å². The van der Waals surface area contributed by atoms with Crippen LogP contribution >= 0.6 is 11.3 Å². The van der Waals surface area contributed by atoms with Gasteiger partial charge in [-0.15, -0.1) is 11.3 Å². The van der Waals surface area contributed by atoms with Crippen molar-refractivity contribution in [1.29, 1.82) is 0 Å². The minimum atomic E-state index is -0.758. The first-order valence-corrected chi connectivity index (χ1v) is 7.94. The number of amides is 2. The second-order valence-electron chi connectivity index (χ2n) is 5.07. The Morgan fingerprint density at radius 1 is 1.04 bits per heavy atom. The number of aromatic nitrogens is 1. The molecule has 0 saturated heterocycles. The summed E-state index contributed by atoms with van der Waals surface area (Å²) in [6, 6.07) is 9.40. The monoisotopic (exact) mass is 345 g/mol. The van der Waals surface area contributed by atoms with Gasteiger partial charge in [-0.1, -0.05) is 12.1 Å². The van der Waals surface area contributed by atoms with Gasteiger partial charge in [0.05, 0.1) is 10.7 Å². The first-order valence-electron chi connectivity index (χ1n) is 7.06. The van der Waals surface area contributed by atoms with Crippen LogP contribution in [0.25, 0.3) is 11.3 Å². The number of anilines is 2. The van der Waals surface area contributed by atoms with Gasteiger partial charge in [-0.05, 0) is 31.2 Å². The molecule has 1 aromatic heterocycles. The minimum absolute atomic E-state index is 0.0382. The average molecular weight is 345 g/mol. The lowest BCUT2D eigenvalue weighted by Gasteiger charge is -2.09. The number of urea groups is 1. The Bertz CT molecular complexity index is 875. The van der Waals surface area contributed by atoms with E-state index in [9.17, 15) is 13.6 Å². The Labute approximate surface area is 141 Å². The predicted molar refractivity (Wildman–Crippen MR) is 91.3 cm³/mol. The lowest BCUT2D eigenvalue weighted by atomic mass is 10.1. The molecule has 3 rings (SSSR count). The van der Waals surface area contributed by atoms with Crippen molar-refractivity contribution in [1.82, 2.24) is 4.98 Å². The van der Waals surface area contributed by atoms with Gasteiger partial charge in [-0.25, -0.2) is 18.6 Å². The van der Waals surface area contributed by atoms with Crippen LogP contribution in [0.3, 0.4) is 0 Å². The van der Waals surface area contributed by atoms with Crippen LogP contribution in [0.5, 0.6) is 0 Å². The summed E-state index contributed by atoms with van der Waals surface area (Å²) in [5.74, 6) is -1.52. The van der Waals surface area contributed by atoms with E-state index >= 15 is 0 Å². The van der Waals surface area contributed by atoms with Crippen molar-refractivity contribution in [3.8, 4) is 11.3 Å². The third-order valence-electron chi connectivity index (χ3n) is 3.16. The van der Waals surface area contributed by atoms with Gasteiger partial charge in [0.25, 0.3) is 0 Å². The molecule has 4 nitrogen and oxygen atoms in total. The summed E-state index contributed by atoms with van der Waals surface area (Å²) >= 11 is 1.54. The molecule has 0 unspecified atom stereocenters. The number of aryl methyl sites for hydroxylation is 1. The summed E-state index contributed by atoms with van der Waals surface area (Å²) in [5, 5.41) is 7.91. The van der Waals surface area contributed by atoms with E-state index in [0.717, 1.165) is 34.5 Å². The zero-order valence-corrected chi connectivity index (χ0v) is 13.5. The zero-order valence-electron chi connectivity index (χ0n) is 12.6. The molecule has 0 aliphatic carbocycles. The first-order chi connectivity index (χ1) is 11.5. The number of hydrogen-bond donors (Lipinski definition) is 2. The van der Waals surface area contributed by atoms with E-state index in [4.69, 9.17) is 0 Å². The average Bonchev–Trinajstić information content (AvgIpc) is 2.93. The van der Waals surface area contributed by atoms with Gasteiger partial charge < -0.3 is 10.6 Å². The Morgan fingerprint density at radius 2 is 1.75 bits per heavy atom. The Balaban J connectivity index is 1.72. The molecule has 2 N–H and O–H groups in total. The number of rotatable bonds is 3. The second kappa shape index (κ2) is 6.76. The summed E-state index contributed by atoms with van der Waals surface area (Å²) in [5.41, 5.74) is 2.28. The lowest BCUT2D eigenvalue weighted by molar-refractivity contribution is 0.262. The highest BCUT2D eigenvalue weighted by molar-refractivity contribution is 7.09. The van der Waals surface area contributed by atoms with Crippen molar-refractivity contribution < 1.29 is 13.6 Å². The van der Waals surface area contributed by atoms with Crippen LogP contribution in [0.1, 0.15) is 5.01 Å². The molecule has 1 heterocycles. The van der Waals surface area contributed by atoms with Crippen LogP contribution in [-0.4, -0.2) is 11.0 Å². The van der Waals surface area contributed by atoms with E-state index in [1.807, 2.05) is 18.4 Å². The van der Waals surface area contributed by atoms with E-state index < -0.39 is 17.7 Å². The van der Waals surface area contributed by atoms with Crippen molar-refractivity contribution in [2.45, 2.75) is 6.92 Å². The molecule has 0 radical (unpaired) electrons. The van der Waals surface area contributed by atoms with E-state index in [0.29, 0.717) is 5.69 Å². The van der Waals surface area contributed by atoms with Crippen molar-refractivity contribution in [3.05, 3.63) is 64.5 Å². The molecule has 0 fully saturated rings. The molecule has 3 aromatic rings. The number of carbonyl (C=O) groups is 1. The van der Waals surface area contributed by atoms with E-state index in [-0.39, 0.29) is 5.69 Å². The molecular weight excluding hydrogens is 332 g/mol. The molecule has 7 heteroatoms. The summed E-state index contributed by atoms with van der Waals surface area (Å²) in [6.45, 7) is 1.92. The zero-order chi connectivity index (χ0) is 17.1. The molecule has 0 bridgehead atoms. The SMILES string of the molecule is Cc1nc(-c2cccc(NC(=O)Nc3cc(F)cc(F)c3)c2)cs1. The number of carbonyl (C=O) groups excluding carboxylic acids is 1. The van der Waals surface area contributed by atoms with Crippen LogP contribution in [0.2, 0.25) is 0 Å². The number of nitrogens with zero attached hydrogens (tertiary/aromatic N) is 1. The molecule has 0 spiro atoms. The fourth-order valence-corrected chi connectivity index (χ4v) is 2.79. The van der Waals surface area contributed by atoms with E-state index in [1.165, 1.54) is 0 Å². The quantitative estimate of drug-likeness (QED) is 0.699. The number of nitrogens with one attached hydrogen (secondary N) is 2. The van der Waals surface area contributed by atoms with Gasteiger partial charge in [-0.3, -0.25) is 0 Å². The highest BCUT2D eigenvalue weighted by atomic mass is 32.1. The van der Waals surface area contributed by atoms with Gasteiger partial charge in [0, 0.05) is 28.4 Å². The third kappa shape index (κ3) is 3.94. The maximum absolute atomic E-state index is 13.1. The van der Waals surface area contributed by atoms with Gasteiger partial charge in [-0.2, -0.15) is 0 Å². The summed E-state index contributed by atoms with van der Waals surface area (Å²) < 4.78 is 26.3. The molecule has 0 aliphatic rings. The summed E-state index contributed by atoms with van der Waals surface area (Å²) in [4.78, 5) is 16.4. The maximum atomic E-state index is 13.1. The molecule has 2 amide bonds. The van der Waals surface area contributed by atoms with Crippen LogP contribution in [0, 0.1) is 18.6 Å². The fourth-order valence-electron chi connectivity index (χ4n) is 2.17. The fraction of sp³-hybridized carbons (Fsp3) is 0.0588. The van der Waals surface area contributed by atoms with Crippen molar-refractivity contribution in [2.24, 2.45) is 0 Å². The van der Waals surface area contributed by atoms with Crippen LogP contribution in [-0.2, 0) is 0 Å². The third-order valence-corrected chi connectivity index (χ3v) is 3.93. The molecule has 122 valence electrons. The highest BCUT2D eigenvalue weighted by Gasteiger charge is 2.07. The summed E-state index contributed by atoms with van der Waals surface area (Å²) in [7, 11) is 0. The first kappa shape index (κ1) is 16.1. The van der Waals surface area contributed by atoms with Gasteiger partial charge in [0.1, 0.15) is 11.6 Å². The van der Waals surface area contributed by atoms with Crippen LogP contribution in [0.4, 0.5) is 25.0 Å². The van der Waals surface area contributed by atoms with E-state index in [1.54, 1.807) is 29.5 Å². The number of benzene rings is 2. The predicted octanol–water partition coefficient (Wildman–Crippen LogP) is 5.04. The molecule has 0 aliphatic heterocycles. The smallest absolute Gasteiger partial charge is 0.308 e. The lowest BCUT2D eigenvalue weighted by Crippen LogP contribution is -2.19. The van der Waals surface area contributed by atoms with Gasteiger partial charge >= 0.3 is 6.03 Å². The topological polar surface area (TPSA) is 54.0 Å². The number of halogens is 2. The molecule has 2 aromatic carbocycles. The molecular formula is C17H13F2N3OS. The number of hydrogen-bond acceptors (Lipinski definition) is 3. The number of thiazole rings is 1. The second-order valence-corrected chi connectivity index (χ2v) is 6.13. The Hall–Kier alpha value is -2.80. The summed E-state index contributed by atoms with van der Waals surface area (Å²) in [6.07, 6.45) is 0. The maximum Gasteiger partial charge on any atom is 0.323 e. The standard InChI is InChI=1S/C17H13F2N3OS/c1-10-20-16(9-24-10)11-3-2-4-14(5-11)21-17(23)22-15-7-12(18)6-13(19)8-15/h2-9H,1H3,(H2,21,22,23). The molecule has 24 heavy (non-hydrogen) atoms. The highest BCUT2D eigenvalue weighted by Crippen LogP contribution is 2.24. The van der Waals surface area contributed by atoms with E-state index in [2.05, 4.69) is 15.6 Å². The Kier molecular flexibility index (Phi) is 4.52. The van der Waals surface area contributed by atoms with Crippen molar-refractivity contribution in [2.75, 3.05) is 10.6 Å². The van der Waals surface area contributed by atoms with Crippen LogP contribution < -0.4 is 10.6 Å².